The third-order valence-electron chi connectivity index (χ3n) is 7.18. The monoisotopic (exact) mass is 535 g/mol. The number of esters is 1. The molecular formula is C29H31F2N5O3. The molecule has 1 aliphatic rings. The van der Waals surface area contributed by atoms with Crippen molar-refractivity contribution in [2.24, 2.45) is 5.41 Å². The highest BCUT2D eigenvalue weighted by atomic mass is 19.3. The number of ether oxygens (including phenoxy) is 2. The van der Waals surface area contributed by atoms with Gasteiger partial charge in [-0.3, -0.25) is 4.79 Å². The van der Waals surface area contributed by atoms with E-state index in [0.717, 1.165) is 47.5 Å². The van der Waals surface area contributed by atoms with Gasteiger partial charge in [0.05, 0.1) is 17.7 Å². The van der Waals surface area contributed by atoms with Crippen LogP contribution in [0, 0.1) is 12.3 Å². The molecule has 1 aromatic carbocycles. The Morgan fingerprint density at radius 1 is 1.13 bits per heavy atom. The maximum atomic E-state index is 12.9. The van der Waals surface area contributed by atoms with Gasteiger partial charge in [-0.2, -0.15) is 8.78 Å². The van der Waals surface area contributed by atoms with Crippen molar-refractivity contribution < 1.29 is 23.0 Å². The standard InChI is InChI=1S/C29H31F2N5O3/c1-4-38-26(37)29(3)12-7-13-35(18-29)28-32-15-22(16-33-28)21-10-11-25-34-19(2)23(36(25)17-21)14-20-8-5-6-9-24(20)39-27(30)31/h5-6,8-11,15-17,27H,4,7,12-14,18H2,1-3H3. The summed E-state index contributed by atoms with van der Waals surface area (Å²) < 4.78 is 37.9. The summed E-state index contributed by atoms with van der Waals surface area (Å²) >= 11 is 0. The lowest BCUT2D eigenvalue weighted by molar-refractivity contribution is -0.154. The van der Waals surface area contributed by atoms with Crippen LogP contribution in [0.25, 0.3) is 16.8 Å². The second kappa shape index (κ2) is 11.0. The zero-order valence-corrected chi connectivity index (χ0v) is 22.2. The van der Waals surface area contributed by atoms with E-state index in [1.807, 2.05) is 48.4 Å². The molecule has 1 saturated heterocycles. The number of halogens is 2. The Balaban J connectivity index is 1.40. The summed E-state index contributed by atoms with van der Waals surface area (Å²) in [5, 5.41) is 0. The fourth-order valence-corrected chi connectivity index (χ4v) is 5.15. The van der Waals surface area contributed by atoms with Crippen molar-refractivity contribution in [3.05, 3.63) is 71.9 Å². The molecule has 0 radical (unpaired) electrons. The van der Waals surface area contributed by atoms with Crippen LogP contribution in [0.3, 0.4) is 0 Å². The molecule has 4 aromatic rings. The summed E-state index contributed by atoms with van der Waals surface area (Å²) in [4.78, 5) is 28.4. The molecule has 8 nitrogen and oxygen atoms in total. The predicted octanol–water partition coefficient (Wildman–Crippen LogP) is 5.46. The molecule has 1 unspecified atom stereocenters. The first-order chi connectivity index (χ1) is 18.8. The molecule has 204 valence electrons. The molecule has 0 spiro atoms. The van der Waals surface area contributed by atoms with Crippen LogP contribution in [0.15, 0.2) is 55.0 Å². The normalized spacial score (nSPS) is 17.5. The quantitative estimate of drug-likeness (QED) is 0.277. The lowest BCUT2D eigenvalue weighted by atomic mass is 9.82. The number of hydrogen-bond donors (Lipinski definition) is 0. The van der Waals surface area contributed by atoms with Gasteiger partial charge >= 0.3 is 12.6 Å². The van der Waals surface area contributed by atoms with Gasteiger partial charge in [-0.05, 0) is 51.8 Å². The number of anilines is 1. The van der Waals surface area contributed by atoms with Crippen molar-refractivity contribution in [1.29, 1.82) is 0 Å². The average Bonchev–Trinajstić information content (AvgIpc) is 3.23. The van der Waals surface area contributed by atoms with Gasteiger partial charge in [0.1, 0.15) is 11.4 Å². The molecule has 1 fully saturated rings. The van der Waals surface area contributed by atoms with Crippen LogP contribution < -0.4 is 9.64 Å². The fourth-order valence-electron chi connectivity index (χ4n) is 5.15. The minimum Gasteiger partial charge on any atom is -0.466 e. The maximum absolute atomic E-state index is 12.9. The van der Waals surface area contributed by atoms with Gasteiger partial charge in [0.2, 0.25) is 5.95 Å². The summed E-state index contributed by atoms with van der Waals surface area (Å²) in [5.41, 5.74) is 4.21. The lowest BCUT2D eigenvalue weighted by Gasteiger charge is -2.38. The lowest BCUT2D eigenvalue weighted by Crippen LogP contribution is -2.47. The van der Waals surface area contributed by atoms with Crippen LogP contribution in [-0.4, -0.2) is 51.6 Å². The highest BCUT2D eigenvalue weighted by Crippen LogP contribution is 2.33. The topological polar surface area (TPSA) is 81.8 Å². The molecular weight excluding hydrogens is 504 g/mol. The third kappa shape index (κ3) is 5.55. The Labute approximate surface area is 225 Å². The molecule has 39 heavy (non-hydrogen) atoms. The second-order valence-corrected chi connectivity index (χ2v) is 10.0. The number of aryl methyl sites for hydroxylation is 1. The third-order valence-corrected chi connectivity index (χ3v) is 7.18. The van der Waals surface area contributed by atoms with Gasteiger partial charge in [-0.15, -0.1) is 0 Å². The number of benzene rings is 1. The van der Waals surface area contributed by atoms with Crippen LogP contribution in [0.4, 0.5) is 14.7 Å². The van der Waals surface area contributed by atoms with Gasteiger partial charge in [-0.1, -0.05) is 18.2 Å². The zero-order chi connectivity index (χ0) is 27.6. The molecule has 0 aliphatic carbocycles. The first kappa shape index (κ1) is 26.5. The van der Waals surface area contributed by atoms with Crippen LogP contribution in [0.2, 0.25) is 0 Å². The predicted molar refractivity (Wildman–Crippen MR) is 143 cm³/mol. The summed E-state index contributed by atoms with van der Waals surface area (Å²) in [6.07, 6.45) is 7.50. The van der Waals surface area contributed by atoms with E-state index in [2.05, 4.69) is 15.0 Å². The van der Waals surface area contributed by atoms with E-state index in [9.17, 15) is 13.6 Å². The highest BCUT2D eigenvalue weighted by molar-refractivity contribution is 5.77. The molecule has 0 saturated carbocycles. The van der Waals surface area contributed by atoms with E-state index in [0.29, 0.717) is 31.1 Å². The summed E-state index contributed by atoms with van der Waals surface area (Å²) in [6, 6.07) is 10.7. The van der Waals surface area contributed by atoms with Crippen molar-refractivity contribution in [2.75, 3.05) is 24.6 Å². The smallest absolute Gasteiger partial charge is 0.387 e. The summed E-state index contributed by atoms with van der Waals surface area (Å²) in [6.45, 7) is 4.39. The summed E-state index contributed by atoms with van der Waals surface area (Å²) in [7, 11) is 0. The second-order valence-electron chi connectivity index (χ2n) is 10.0. The number of hydrogen-bond acceptors (Lipinski definition) is 7. The van der Waals surface area contributed by atoms with Crippen molar-refractivity contribution in [3.63, 3.8) is 0 Å². The molecule has 1 atom stereocenters. The number of aromatic nitrogens is 4. The van der Waals surface area contributed by atoms with E-state index in [4.69, 9.17) is 9.47 Å². The highest BCUT2D eigenvalue weighted by Gasteiger charge is 2.39. The fraction of sp³-hybridized carbons (Fsp3) is 0.379. The van der Waals surface area contributed by atoms with Crippen molar-refractivity contribution in [1.82, 2.24) is 19.4 Å². The van der Waals surface area contributed by atoms with E-state index in [1.54, 1.807) is 36.7 Å². The number of nitrogens with zero attached hydrogens (tertiary/aromatic N) is 5. The van der Waals surface area contributed by atoms with E-state index < -0.39 is 12.0 Å². The number of rotatable bonds is 8. The first-order valence-corrected chi connectivity index (χ1v) is 13.0. The number of carbonyl (C=O) groups is 1. The van der Waals surface area contributed by atoms with Crippen molar-refractivity contribution in [2.45, 2.75) is 46.6 Å². The van der Waals surface area contributed by atoms with E-state index >= 15 is 0 Å². The molecule has 1 aliphatic heterocycles. The van der Waals surface area contributed by atoms with Crippen LogP contribution in [-0.2, 0) is 16.0 Å². The Kier molecular flexibility index (Phi) is 7.45. The number of carbonyl (C=O) groups excluding carboxylic acids is 1. The SMILES string of the molecule is CCOC(=O)C1(C)CCCN(c2ncc(-c3ccc4nc(C)c(Cc5ccccc5OC(F)F)n4c3)cn2)C1. The molecule has 3 aromatic heterocycles. The molecule has 5 rings (SSSR count). The molecule has 0 bridgehead atoms. The molecule has 0 N–H and O–H groups in total. The number of piperidine rings is 1. The van der Waals surface area contributed by atoms with Crippen LogP contribution in [0.1, 0.15) is 43.6 Å². The Morgan fingerprint density at radius 3 is 2.64 bits per heavy atom. The molecule has 4 heterocycles. The first-order valence-electron chi connectivity index (χ1n) is 13.0. The number of para-hydroxylation sites is 1. The van der Waals surface area contributed by atoms with Crippen molar-refractivity contribution in [3.8, 4) is 16.9 Å². The van der Waals surface area contributed by atoms with Crippen LogP contribution in [0.5, 0.6) is 5.75 Å². The van der Waals surface area contributed by atoms with Crippen LogP contribution >= 0.6 is 0 Å². The largest absolute Gasteiger partial charge is 0.466 e. The van der Waals surface area contributed by atoms with Gasteiger partial charge in [0.25, 0.3) is 0 Å². The van der Waals surface area contributed by atoms with Crippen molar-refractivity contribution >= 4 is 17.6 Å². The number of alkyl halides is 2. The molecule has 0 amide bonds. The Bertz CT molecular complexity index is 1470. The average molecular weight is 536 g/mol. The Hall–Kier alpha value is -4.08. The minimum atomic E-state index is -2.90. The zero-order valence-electron chi connectivity index (χ0n) is 22.2. The number of pyridine rings is 1. The maximum Gasteiger partial charge on any atom is 0.387 e. The molecule has 10 heteroatoms. The Morgan fingerprint density at radius 2 is 1.90 bits per heavy atom. The summed E-state index contributed by atoms with van der Waals surface area (Å²) in [5.74, 6) is 0.540. The van der Waals surface area contributed by atoms with E-state index in [1.165, 1.54) is 0 Å². The van der Waals surface area contributed by atoms with Gasteiger partial charge in [-0.25, -0.2) is 15.0 Å². The minimum absolute atomic E-state index is 0.152. The number of imidazole rings is 1. The van der Waals surface area contributed by atoms with E-state index in [-0.39, 0.29) is 11.7 Å². The number of fused-ring (bicyclic) bond motifs is 1. The van der Waals surface area contributed by atoms with Gasteiger partial charge in [0, 0.05) is 60.5 Å². The van der Waals surface area contributed by atoms with Gasteiger partial charge in [0.15, 0.2) is 0 Å². The van der Waals surface area contributed by atoms with Gasteiger partial charge < -0.3 is 18.8 Å².